The highest BCUT2D eigenvalue weighted by Gasteiger charge is 2.45. The topological polar surface area (TPSA) is 43.1 Å². The summed E-state index contributed by atoms with van der Waals surface area (Å²) in [5.41, 5.74) is 6.14. The van der Waals surface area contributed by atoms with E-state index in [9.17, 15) is 4.79 Å². The summed E-state index contributed by atoms with van der Waals surface area (Å²) in [6, 6.07) is 0. The van der Waals surface area contributed by atoms with E-state index < -0.39 is 5.54 Å². The monoisotopic (exact) mass is 237 g/mol. The van der Waals surface area contributed by atoms with Crippen LogP contribution < -0.4 is 5.73 Å². The van der Waals surface area contributed by atoms with Crippen LogP contribution in [0.2, 0.25) is 0 Å². The maximum Gasteiger partial charge on any atom is 0.150 e. The molecule has 2 N–H and O–H groups in total. The highest BCUT2D eigenvalue weighted by molar-refractivity contribution is 5.86. The van der Waals surface area contributed by atoms with Crippen molar-refractivity contribution >= 4 is 5.78 Å². The van der Waals surface area contributed by atoms with E-state index in [2.05, 4.69) is 0 Å². The van der Waals surface area contributed by atoms with E-state index in [4.69, 9.17) is 5.73 Å². The Balaban J connectivity index is 2.14. The Morgan fingerprint density at radius 3 is 1.53 bits per heavy atom. The van der Waals surface area contributed by atoms with Crippen molar-refractivity contribution < 1.29 is 4.79 Å². The van der Waals surface area contributed by atoms with Crippen LogP contribution in [-0.4, -0.2) is 11.3 Å². The Morgan fingerprint density at radius 2 is 1.24 bits per heavy atom. The molecule has 2 heteroatoms. The summed E-state index contributed by atoms with van der Waals surface area (Å²) in [5.74, 6) is 1.16. The van der Waals surface area contributed by atoms with Crippen LogP contribution in [0.1, 0.15) is 71.1 Å². The summed E-state index contributed by atoms with van der Waals surface area (Å²) in [4.78, 5) is 12.1. The Kier molecular flexibility index (Phi) is 4.24. The van der Waals surface area contributed by atoms with Crippen LogP contribution in [0, 0.1) is 11.8 Å². The maximum absolute atomic E-state index is 12.1. The van der Waals surface area contributed by atoms with Gasteiger partial charge in [0.15, 0.2) is 0 Å². The normalized spacial score (nSPS) is 24.8. The molecule has 2 nitrogen and oxygen atoms in total. The second kappa shape index (κ2) is 5.51. The Hall–Kier alpha value is -0.370. The molecule has 0 saturated heterocycles. The fraction of sp³-hybridized carbons (Fsp3) is 0.933. The van der Waals surface area contributed by atoms with Gasteiger partial charge in [0, 0.05) is 0 Å². The third-order valence-corrected chi connectivity index (χ3v) is 5.17. The minimum atomic E-state index is -0.499. The molecule has 17 heavy (non-hydrogen) atoms. The minimum Gasteiger partial charge on any atom is -0.319 e. The van der Waals surface area contributed by atoms with Crippen LogP contribution in [0.4, 0.5) is 0 Å². The van der Waals surface area contributed by atoms with Crippen molar-refractivity contribution in [1.29, 1.82) is 0 Å². The summed E-state index contributed by atoms with van der Waals surface area (Å²) >= 11 is 0. The molecule has 98 valence electrons. The summed E-state index contributed by atoms with van der Waals surface area (Å²) in [5, 5.41) is 0. The van der Waals surface area contributed by atoms with Gasteiger partial charge < -0.3 is 5.73 Å². The molecule has 2 aliphatic rings. The number of carbonyl (C=O) groups excluding carboxylic acids is 1. The molecule has 0 aromatic carbocycles. The van der Waals surface area contributed by atoms with Gasteiger partial charge in [-0.1, -0.05) is 38.5 Å². The zero-order valence-corrected chi connectivity index (χ0v) is 11.2. The third-order valence-electron chi connectivity index (χ3n) is 5.17. The van der Waals surface area contributed by atoms with E-state index in [0.29, 0.717) is 11.8 Å². The highest BCUT2D eigenvalue weighted by Crippen LogP contribution is 2.41. The van der Waals surface area contributed by atoms with E-state index in [1.54, 1.807) is 6.92 Å². The predicted octanol–water partition coefficient (Wildman–Crippen LogP) is 3.43. The fourth-order valence-electron chi connectivity index (χ4n) is 4.07. The lowest BCUT2D eigenvalue weighted by atomic mass is 9.63. The van der Waals surface area contributed by atoms with Crippen molar-refractivity contribution in [2.75, 3.05) is 0 Å². The highest BCUT2D eigenvalue weighted by atomic mass is 16.1. The van der Waals surface area contributed by atoms with Gasteiger partial charge in [0.25, 0.3) is 0 Å². The molecule has 0 aliphatic heterocycles. The molecular weight excluding hydrogens is 210 g/mol. The molecule has 0 unspecified atom stereocenters. The predicted molar refractivity (Wildman–Crippen MR) is 70.7 cm³/mol. The van der Waals surface area contributed by atoms with Gasteiger partial charge in [-0.25, -0.2) is 0 Å². The molecule has 2 rings (SSSR count). The molecule has 2 saturated carbocycles. The smallest absolute Gasteiger partial charge is 0.150 e. The molecule has 0 atom stereocenters. The van der Waals surface area contributed by atoms with Crippen LogP contribution in [-0.2, 0) is 4.79 Å². The van der Waals surface area contributed by atoms with Crippen LogP contribution in [0.15, 0.2) is 0 Å². The summed E-state index contributed by atoms with van der Waals surface area (Å²) in [6.07, 6.45) is 12.4. The number of Topliss-reactive ketones (excluding diaryl/α,β-unsaturated/α-hetero) is 1. The third kappa shape index (κ3) is 2.57. The van der Waals surface area contributed by atoms with Crippen LogP contribution in [0.5, 0.6) is 0 Å². The molecule has 0 aromatic heterocycles. The van der Waals surface area contributed by atoms with Gasteiger partial charge in [-0.2, -0.15) is 0 Å². The number of ketones is 1. The standard InChI is InChI=1S/C15H27NO/c1-12(17)15(16,13-8-4-2-5-9-13)14-10-6-3-7-11-14/h13-14H,2-11,16H2,1H3. The van der Waals surface area contributed by atoms with E-state index >= 15 is 0 Å². The molecular formula is C15H27NO. The lowest BCUT2D eigenvalue weighted by Gasteiger charge is -2.45. The Morgan fingerprint density at radius 1 is 0.882 bits per heavy atom. The van der Waals surface area contributed by atoms with Gasteiger partial charge in [-0.05, 0) is 44.4 Å². The second-order valence-electron chi connectivity index (χ2n) is 6.16. The van der Waals surface area contributed by atoms with Gasteiger partial charge in [-0.3, -0.25) is 4.79 Å². The van der Waals surface area contributed by atoms with Gasteiger partial charge in [-0.15, -0.1) is 0 Å². The van der Waals surface area contributed by atoms with Crippen molar-refractivity contribution in [2.45, 2.75) is 76.7 Å². The molecule has 0 radical (unpaired) electrons. The Bertz CT molecular complexity index is 244. The van der Waals surface area contributed by atoms with Crippen molar-refractivity contribution in [3.05, 3.63) is 0 Å². The lowest BCUT2D eigenvalue weighted by molar-refractivity contribution is -0.127. The van der Waals surface area contributed by atoms with Gasteiger partial charge in [0.2, 0.25) is 0 Å². The van der Waals surface area contributed by atoms with Crippen molar-refractivity contribution in [2.24, 2.45) is 17.6 Å². The van der Waals surface area contributed by atoms with Crippen LogP contribution in [0.3, 0.4) is 0 Å². The van der Waals surface area contributed by atoms with Crippen LogP contribution >= 0.6 is 0 Å². The summed E-state index contributed by atoms with van der Waals surface area (Å²) < 4.78 is 0. The van der Waals surface area contributed by atoms with E-state index in [0.717, 1.165) is 0 Å². The second-order valence-corrected chi connectivity index (χ2v) is 6.16. The quantitative estimate of drug-likeness (QED) is 0.817. The number of nitrogens with two attached hydrogens (primary N) is 1. The Labute approximate surface area is 105 Å². The molecule has 0 spiro atoms. The number of rotatable bonds is 3. The van der Waals surface area contributed by atoms with Gasteiger partial charge in [0.05, 0.1) is 5.54 Å². The average Bonchev–Trinajstić information content (AvgIpc) is 2.39. The zero-order valence-electron chi connectivity index (χ0n) is 11.2. The molecule has 2 fully saturated rings. The van der Waals surface area contributed by atoms with E-state index in [1.807, 2.05) is 0 Å². The number of hydrogen-bond donors (Lipinski definition) is 1. The van der Waals surface area contributed by atoms with Crippen molar-refractivity contribution in [3.8, 4) is 0 Å². The van der Waals surface area contributed by atoms with Gasteiger partial charge >= 0.3 is 0 Å². The number of hydrogen-bond acceptors (Lipinski definition) is 2. The van der Waals surface area contributed by atoms with E-state index in [1.165, 1.54) is 64.2 Å². The lowest BCUT2D eigenvalue weighted by Crippen LogP contribution is -2.59. The maximum atomic E-state index is 12.1. The van der Waals surface area contributed by atoms with Crippen molar-refractivity contribution in [1.82, 2.24) is 0 Å². The summed E-state index contributed by atoms with van der Waals surface area (Å²) in [6.45, 7) is 1.73. The van der Waals surface area contributed by atoms with Gasteiger partial charge in [0.1, 0.15) is 5.78 Å². The molecule has 2 aliphatic carbocycles. The average molecular weight is 237 g/mol. The fourth-order valence-corrected chi connectivity index (χ4v) is 4.07. The minimum absolute atomic E-state index is 0.247. The first-order valence-corrected chi connectivity index (χ1v) is 7.45. The molecule has 0 bridgehead atoms. The number of carbonyl (C=O) groups is 1. The SMILES string of the molecule is CC(=O)C(N)(C1CCCCC1)C1CCCCC1. The molecule has 0 aromatic rings. The molecule has 0 heterocycles. The summed E-state index contributed by atoms with van der Waals surface area (Å²) in [7, 11) is 0. The largest absolute Gasteiger partial charge is 0.319 e. The zero-order chi connectivity index (χ0) is 12.3. The molecule has 0 amide bonds. The first-order valence-electron chi connectivity index (χ1n) is 7.45. The first kappa shape index (κ1) is 13.1. The van der Waals surface area contributed by atoms with E-state index in [-0.39, 0.29) is 5.78 Å². The first-order chi connectivity index (χ1) is 8.15. The van der Waals surface area contributed by atoms with Crippen molar-refractivity contribution in [3.63, 3.8) is 0 Å². The van der Waals surface area contributed by atoms with Crippen LogP contribution in [0.25, 0.3) is 0 Å².